The van der Waals surface area contributed by atoms with Crippen molar-refractivity contribution in [3.05, 3.63) is 434 Å². The lowest BCUT2D eigenvalue weighted by atomic mass is 9.99. The summed E-state index contributed by atoms with van der Waals surface area (Å²) in [5.41, 5.74) is 25.3. The number of furan rings is 1. The van der Waals surface area contributed by atoms with E-state index in [1.807, 2.05) is 62.8 Å². The van der Waals surface area contributed by atoms with E-state index >= 15 is 0 Å². The summed E-state index contributed by atoms with van der Waals surface area (Å²) in [5.74, 6) is 0. The van der Waals surface area contributed by atoms with Crippen molar-refractivity contribution in [1.29, 1.82) is 0 Å². The molecule has 0 amide bonds. The molecule has 0 radical (unpaired) electrons. The highest BCUT2D eigenvalue weighted by atomic mass is 32.1. The summed E-state index contributed by atoms with van der Waals surface area (Å²) >= 11 is 9.45. The lowest BCUT2D eigenvalue weighted by Crippen LogP contribution is -1.82. The largest absolute Gasteiger partial charge is 0.455 e. The number of aryl methyl sites for hydroxylation is 6. The van der Waals surface area contributed by atoms with Gasteiger partial charge in [0.2, 0.25) is 0 Å². The van der Waals surface area contributed by atoms with Crippen LogP contribution in [0.5, 0.6) is 0 Å². The van der Waals surface area contributed by atoms with Gasteiger partial charge in [0.05, 0.1) is 0 Å². The Bertz CT molecular complexity index is 7690. The lowest BCUT2D eigenvalue weighted by molar-refractivity contribution is 0.667. The minimum absolute atomic E-state index is 0.975. The minimum atomic E-state index is 0.975. The second-order valence-electron chi connectivity index (χ2n) is 30.7. The molecule has 0 aliphatic heterocycles. The van der Waals surface area contributed by atoms with Crippen LogP contribution in [0.25, 0.3) is 190 Å². The van der Waals surface area contributed by atoms with Crippen LogP contribution in [0.2, 0.25) is 0 Å². The standard InChI is InChI=1S/C19H14O.5C19H14S/c1-13-7-5-11-16-17-12-6-10-15(19(17)20-18(13)16)14-8-3-2-4-9-14;1-13-6-4-7-14(12-13)15-9-5-10-17-16-8-2-3-11-18(16)20-19(15)17;1-13-7-2-3-8-14(13)16-10-6-11-17-15-9-4-5-12-18(15)20-19(16)17;1-13-6-2-3-7-15(13)14-10-11-19-17(12-14)16-8-4-5-9-18(16)20-19;1-13-9-11-14(12-10-13)15-6-4-7-17-16-5-2-3-8-18(16)20-19(15)17;1-13-7-5-11-16-17-12-6-10-15(19(17)20-18(13)16)14-8-3-2-4-9-14/h6*2-12H,1H3. The second kappa shape index (κ2) is 34.1. The molecule has 0 spiro atoms. The van der Waals surface area contributed by atoms with Crippen LogP contribution in [-0.2, 0) is 0 Å². The Hall–Kier alpha value is -13.1. The molecule has 0 aliphatic rings. The Morgan fingerprint density at radius 1 is 0.158 bits per heavy atom. The molecule has 24 aromatic rings. The van der Waals surface area contributed by atoms with Gasteiger partial charge >= 0.3 is 0 Å². The molecule has 0 fully saturated rings. The molecule has 0 bridgehead atoms. The Kier molecular flexibility index (Phi) is 21.8. The average molecular weight is 1630 g/mol. The maximum Gasteiger partial charge on any atom is 0.143 e. The lowest BCUT2D eigenvalue weighted by Gasteiger charge is -2.06. The topological polar surface area (TPSA) is 13.1 Å². The van der Waals surface area contributed by atoms with Crippen molar-refractivity contribution in [2.75, 3.05) is 0 Å². The first-order valence-electron chi connectivity index (χ1n) is 40.8. The van der Waals surface area contributed by atoms with Crippen LogP contribution >= 0.6 is 56.7 Å². The second-order valence-corrected chi connectivity index (χ2v) is 36.0. The van der Waals surface area contributed by atoms with Crippen molar-refractivity contribution in [3.8, 4) is 66.8 Å². The summed E-state index contributed by atoms with van der Waals surface area (Å²) in [4.78, 5) is 0. The van der Waals surface area contributed by atoms with Gasteiger partial charge in [-0.25, -0.2) is 0 Å². The molecule has 6 aromatic heterocycles. The highest BCUT2D eigenvalue weighted by Gasteiger charge is 2.18. The first-order chi connectivity index (χ1) is 59.0. The Morgan fingerprint density at radius 3 is 1.02 bits per heavy atom. The monoisotopic (exact) mass is 1630 g/mol. The van der Waals surface area contributed by atoms with E-state index in [9.17, 15) is 0 Å². The van der Waals surface area contributed by atoms with Crippen molar-refractivity contribution < 1.29 is 4.42 Å². The molecule has 0 unspecified atom stereocenters. The molecular formula is C114H84OS5. The number of benzene rings is 18. The van der Waals surface area contributed by atoms with E-state index in [2.05, 4.69) is 436 Å². The molecule has 24 rings (SSSR count). The number of rotatable bonds is 6. The van der Waals surface area contributed by atoms with Crippen molar-refractivity contribution in [2.45, 2.75) is 41.5 Å². The van der Waals surface area contributed by atoms with Gasteiger partial charge in [0.15, 0.2) is 0 Å². The van der Waals surface area contributed by atoms with Gasteiger partial charge in [0, 0.05) is 117 Å². The molecule has 120 heavy (non-hydrogen) atoms. The third-order valence-electron chi connectivity index (χ3n) is 22.8. The predicted molar refractivity (Wildman–Crippen MR) is 531 cm³/mol. The van der Waals surface area contributed by atoms with Crippen LogP contribution in [0.3, 0.4) is 0 Å². The van der Waals surface area contributed by atoms with Crippen LogP contribution in [-0.4, -0.2) is 0 Å². The SMILES string of the molecule is Cc1ccc(-c2cccc3c2sc2ccccc23)cc1.Cc1cccc(-c2cccc3c2sc2ccccc23)c1.Cc1cccc2c1oc1c(-c3ccccc3)cccc12.Cc1cccc2c1sc1c(-c3ccccc3)cccc12.Cc1ccccc1-c1ccc2sc3ccccc3c2c1.Cc1ccccc1-c1cccc2c1sc1ccccc12. The van der Waals surface area contributed by atoms with Gasteiger partial charge < -0.3 is 4.42 Å². The first kappa shape index (κ1) is 76.8. The van der Waals surface area contributed by atoms with Gasteiger partial charge in [0.1, 0.15) is 11.2 Å². The Balaban J connectivity index is 0.0000000952. The van der Waals surface area contributed by atoms with Gasteiger partial charge in [-0.1, -0.05) is 375 Å². The highest BCUT2D eigenvalue weighted by Crippen LogP contribution is 2.46. The summed E-state index contributed by atoms with van der Waals surface area (Å²) in [6.45, 7) is 12.9. The van der Waals surface area contributed by atoms with Crippen molar-refractivity contribution in [1.82, 2.24) is 0 Å². The molecule has 0 saturated carbocycles. The first-order valence-corrected chi connectivity index (χ1v) is 44.9. The molecule has 18 aromatic carbocycles. The summed E-state index contributed by atoms with van der Waals surface area (Å²) in [6, 6.07) is 143. The quantitative estimate of drug-likeness (QED) is 0.162. The Morgan fingerprint density at radius 2 is 0.483 bits per heavy atom. The maximum absolute atomic E-state index is 6.17. The fourth-order valence-electron chi connectivity index (χ4n) is 16.7. The summed E-state index contributed by atoms with van der Waals surface area (Å²) in [6.07, 6.45) is 0. The third kappa shape index (κ3) is 15.3. The maximum atomic E-state index is 6.17. The smallest absolute Gasteiger partial charge is 0.143 e. The average Bonchev–Trinajstić information content (AvgIpc) is 1.64. The number of hydrogen-bond acceptors (Lipinski definition) is 6. The third-order valence-corrected chi connectivity index (χ3v) is 29.0. The summed E-state index contributed by atoms with van der Waals surface area (Å²) in [5, 5.41) is 16.0. The number of hydrogen-bond donors (Lipinski definition) is 0. The zero-order valence-corrected chi connectivity index (χ0v) is 71.6. The van der Waals surface area contributed by atoms with Crippen LogP contribution in [0.15, 0.2) is 405 Å². The molecule has 1 nitrogen and oxygen atoms in total. The number of thiophene rings is 5. The van der Waals surface area contributed by atoms with E-state index in [-0.39, 0.29) is 0 Å². The fourth-order valence-corrected chi connectivity index (χ4v) is 22.8. The predicted octanol–water partition coefficient (Wildman–Crippen LogP) is 35.7. The van der Waals surface area contributed by atoms with Gasteiger partial charge in [-0.15, -0.1) is 56.7 Å². The molecule has 6 heteroatoms. The summed E-state index contributed by atoms with van der Waals surface area (Å²) in [7, 11) is 0. The van der Waals surface area contributed by atoms with Crippen LogP contribution in [0, 0.1) is 41.5 Å². The van der Waals surface area contributed by atoms with Crippen LogP contribution in [0.1, 0.15) is 33.4 Å². The zero-order valence-electron chi connectivity index (χ0n) is 67.6. The van der Waals surface area contributed by atoms with E-state index in [0.29, 0.717) is 0 Å². The van der Waals surface area contributed by atoms with Crippen LogP contribution in [0.4, 0.5) is 0 Å². The molecular weight excluding hydrogens is 1550 g/mol. The zero-order chi connectivity index (χ0) is 81.2. The van der Waals surface area contributed by atoms with Crippen molar-refractivity contribution in [3.63, 3.8) is 0 Å². The van der Waals surface area contributed by atoms with E-state index in [1.165, 1.54) is 206 Å². The van der Waals surface area contributed by atoms with Gasteiger partial charge in [-0.05, 0) is 161 Å². The normalized spacial score (nSPS) is 11.2. The molecule has 576 valence electrons. The van der Waals surface area contributed by atoms with Crippen molar-refractivity contribution >= 4 is 179 Å². The molecule has 0 atom stereocenters. The van der Waals surface area contributed by atoms with Gasteiger partial charge in [-0.2, -0.15) is 0 Å². The minimum Gasteiger partial charge on any atom is -0.455 e. The molecule has 0 N–H and O–H groups in total. The van der Waals surface area contributed by atoms with Gasteiger partial charge in [0.25, 0.3) is 0 Å². The Labute approximate surface area is 719 Å². The molecule has 6 heterocycles. The van der Waals surface area contributed by atoms with Crippen molar-refractivity contribution in [2.24, 2.45) is 0 Å². The van der Waals surface area contributed by atoms with E-state index in [1.54, 1.807) is 0 Å². The van der Waals surface area contributed by atoms with E-state index in [4.69, 9.17) is 4.42 Å². The molecule has 0 aliphatic carbocycles. The van der Waals surface area contributed by atoms with Crippen LogP contribution < -0.4 is 0 Å². The van der Waals surface area contributed by atoms with E-state index < -0.39 is 0 Å². The van der Waals surface area contributed by atoms with E-state index in [0.717, 1.165) is 16.7 Å². The fraction of sp³-hybridized carbons (Fsp3) is 0.0526. The summed E-state index contributed by atoms with van der Waals surface area (Å²) < 4.78 is 20.0. The highest BCUT2D eigenvalue weighted by molar-refractivity contribution is 7.28. The van der Waals surface area contributed by atoms with Gasteiger partial charge in [-0.3, -0.25) is 0 Å². The molecule has 0 saturated heterocycles. The number of fused-ring (bicyclic) bond motifs is 18. The number of para-hydroxylation sites is 2.